The average Bonchev–Trinajstić information content (AvgIpc) is 3.31. The predicted molar refractivity (Wildman–Crippen MR) is 105 cm³/mol. The number of piperazine rings is 1. The van der Waals surface area contributed by atoms with E-state index in [-0.39, 0.29) is 12.6 Å². The quantitative estimate of drug-likeness (QED) is 0.804. The molecule has 1 atom stereocenters. The predicted octanol–water partition coefficient (Wildman–Crippen LogP) is 1.98. The standard InChI is InChI=1S/C20H29N5O2/c1-14-6-7-16(27-14)13-24-9-10-25(12-15(24)8-11-26)20-22-18-5-3-4-17(18)19(21-2)23-20/h6-7,15,26H,3-5,8-13H2,1-2H3,(H,21,22,23)/t15-/m0/s1. The fraction of sp³-hybridized carbons (Fsp3) is 0.600. The lowest BCUT2D eigenvalue weighted by Gasteiger charge is -2.41. The van der Waals surface area contributed by atoms with Crippen LogP contribution in [0.2, 0.25) is 0 Å². The van der Waals surface area contributed by atoms with E-state index in [9.17, 15) is 5.11 Å². The summed E-state index contributed by atoms with van der Waals surface area (Å²) in [6.45, 7) is 5.53. The number of anilines is 2. The van der Waals surface area contributed by atoms with E-state index in [1.165, 1.54) is 11.3 Å². The topological polar surface area (TPSA) is 77.7 Å². The van der Waals surface area contributed by atoms with E-state index in [1.54, 1.807) is 0 Å². The van der Waals surface area contributed by atoms with Crippen molar-refractivity contribution in [3.05, 3.63) is 34.9 Å². The molecule has 0 saturated carbocycles. The number of hydrogen-bond donors (Lipinski definition) is 2. The molecule has 0 amide bonds. The highest BCUT2D eigenvalue weighted by Crippen LogP contribution is 2.29. The van der Waals surface area contributed by atoms with E-state index in [1.807, 2.05) is 26.1 Å². The van der Waals surface area contributed by atoms with Gasteiger partial charge in [0.25, 0.3) is 0 Å². The van der Waals surface area contributed by atoms with Crippen molar-refractivity contribution in [1.29, 1.82) is 0 Å². The van der Waals surface area contributed by atoms with Crippen LogP contribution in [0.4, 0.5) is 11.8 Å². The summed E-state index contributed by atoms with van der Waals surface area (Å²) >= 11 is 0. The van der Waals surface area contributed by atoms with Gasteiger partial charge in [-0.15, -0.1) is 0 Å². The second kappa shape index (κ2) is 7.86. The van der Waals surface area contributed by atoms with E-state index in [0.717, 1.165) is 75.1 Å². The minimum Gasteiger partial charge on any atom is -0.465 e. The van der Waals surface area contributed by atoms with Gasteiger partial charge < -0.3 is 19.7 Å². The number of rotatable bonds is 6. The molecule has 27 heavy (non-hydrogen) atoms. The molecule has 0 bridgehead atoms. The van der Waals surface area contributed by atoms with Gasteiger partial charge in [-0.25, -0.2) is 4.98 Å². The summed E-state index contributed by atoms with van der Waals surface area (Å²) in [5.74, 6) is 3.71. The number of aliphatic hydroxyl groups is 1. The number of aryl methyl sites for hydroxylation is 2. The van der Waals surface area contributed by atoms with Gasteiger partial charge in [0.15, 0.2) is 0 Å². The highest BCUT2D eigenvalue weighted by atomic mass is 16.3. The molecule has 4 rings (SSSR count). The lowest BCUT2D eigenvalue weighted by Crippen LogP contribution is -2.53. The van der Waals surface area contributed by atoms with Crippen molar-refractivity contribution in [1.82, 2.24) is 14.9 Å². The second-order valence-electron chi connectivity index (χ2n) is 7.50. The zero-order chi connectivity index (χ0) is 18.8. The van der Waals surface area contributed by atoms with Gasteiger partial charge in [-0.1, -0.05) is 0 Å². The normalized spacial score (nSPS) is 20.1. The zero-order valence-electron chi connectivity index (χ0n) is 16.2. The molecule has 7 nitrogen and oxygen atoms in total. The maximum atomic E-state index is 9.56. The fourth-order valence-corrected chi connectivity index (χ4v) is 4.24. The molecule has 2 aromatic rings. The molecule has 1 saturated heterocycles. The van der Waals surface area contributed by atoms with Gasteiger partial charge in [-0.05, 0) is 44.7 Å². The Hall–Kier alpha value is -2.12. The molecular formula is C20H29N5O2. The molecule has 2 aromatic heterocycles. The third kappa shape index (κ3) is 3.80. The van der Waals surface area contributed by atoms with Gasteiger partial charge >= 0.3 is 0 Å². The molecule has 1 aliphatic heterocycles. The average molecular weight is 371 g/mol. The van der Waals surface area contributed by atoms with Gasteiger partial charge in [-0.3, -0.25) is 4.90 Å². The van der Waals surface area contributed by atoms with Crippen LogP contribution in [0.15, 0.2) is 16.5 Å². The van der Waals surface area contributed by atoms with Crippen LogP contribution >= 0.6 is 0 Å². The van der Waals surface area contributed by atoms with Crippen LogP contribution in [0.1, 0.15) is 35.6 Å². The first-order valence-corrected chi connectivity index (χ1v) is 9.90. The number of fused-ring (bicyclic) bond motifs is 1. The van der Waals surface area contributed by atoms with Crippen molar-refractivity contribution in [3.63, 3.8) is 0 Å². The highest BCUT2D eigenvalue weighted by molar-refractivity contribution is 5.53. The van der Waals surface area contributed by atoms with Crippen LogP contribution in [0.3, 0.4) is 0 Å². The van der Waals surface area contributed by atoms with E-state index in [4.69, 9.17) is 14.4 Å². The summed E-state index contributed by atoms with van der Waals surface area (Å²) in [7, 11) is 1.93. The SMILES string of the molecule is CNc1nc(N2CCN(Cc3ccc(C)o3)[C@@H](CCO)C2)nc2c1CCC2. The number of nitrogens with one attached hydrogen (secondary N) is 1. The number of furan rings is 1. The van der Waals surface area contributed by atoms with Crippen LogP contribution in [0.5, 0.6) is 0 Å². The van der Waals surface area contributed by atoms with Gasteiger partial charge in [0.05, 0.1) is 12.2 Å². The van der Waals surface area contributed by atoms with Crippen molar-refractivity contribution < 1.29 is 9.52 Å². The Bertz CT molecular complexity index is 791. The Morgan fingerprint density at radius 1 is 1.26 bits per heavy atom. The van der Waals surface area contributed by atoms with Gasteiger partial charge in [-0.2, -0.15) is 4.98 Å². The third-order valence-electron chi connectivity index (χ3n) is 5.66. The summed E-state index contributed by atoms with van der Waals surface area (Å²) in [4.78, 5) is 14.3. The van der Waals surface area contributed by atoms with Gasteiger partial charge in [0, 0.05) is 44.9 Å². The first-order valence-electron chi connectivity index (χ1n) is 9.90. The van der Waals surface area contributed by atoms with E-state index in [0.29, 0.717) is 0 Å². The van der Waals surface area contributed by atoms with Crippen molar-refractivity contribution in [2.45, 2.75) is 45.2 Å². The fourth-order valence-electron chi connectivity index (χ4n) is 4.24. The number of hydrogen-bond acceptors (Lipinski definition) is 7. The summed E-state index contributed by atoms with van der Waals surface area (Å²) in [5.41, 5.74) is 2.47. The molecule has 3 heterocycles. The van der Waals surface area contributed by atoms with E-state index < -0.39 is 0 Å². The maximum Gasteiger partial charge on any atom is 0.227 e. The van der Waals surface area contributed by atoms with Crippen LogP contribution in [0.25, 0.3) is 0 Å². The molecule has 2 aliphatic rings. The van der Waals surface area contributed by atoms with E-state index >= 15 is 0 Å². The summed E-state index contributed by atoms with van der Waals surface area (Å²) in [5, 5.41) is 12.8. The molecule has 0 spiro atoms. The van der Waals surface area contributed by atoms with E-state index in [2.05, 4.69) is 15.1 Å². The van der Waals surface area contributed by atoms with Crippen LogP contribution in [-0.4, -0.2) is 59.3 Å². The Labute approximate surface area is 160 Å². The Morgan fingerprint density at radius 2 is 2.15 bits per heavy atom. The van der Waals surface area contributed by atoms with Crippen molar-refractivity contribution >= 4 is 11.8 Å². The summed E-state index contributed by atoms with van der Waals surface area (Å²) < 4.78 is 5.75. The first kappa shape index (κ1) is 18.3. The minimum absolute atomic E-state index is 0.180. The zero-order valence-corrected chi connectivity index (χ0v) is 16.2. The molecule has 1 aliphatic carbocycles. The number of aliphatic hydroxyl groups excluding tert-OH is 1. The van der Waals surface area contributed by atoms with Gasteiger partial charge in [0.1, 0.15) is 17.3 Å². The molecule has 2 N–H and O–H groups in total. The van der Waals surface area contributed by atoms with Gasteiger partial charge in [0.2, 0.25) is 5.95 Å². The molecule has 0 aromatic carbocycles. The number of nitrogens with zero attached hydrogens (tertiary/aromatic N) is 4. The Kier molecular flexibility index (Phi) is 5.31. The largest absolute Gasteiger partial charge is 0.465 e. The lowest BCUT2D eigenvalue weighted by molar-refractivity contribution is 0.126. The molecule has 7 heteroatoms. The van der Waals surface area contributed by atoms with Crippen molar-refractivity contribution in [3.8, 4) is 0 Å². The lowest BCUT2D eigenvalue weighted by atomic mass is 10.1. The Morgan fingerprint density at radius 3 is 2.89 bits per heavy atom. The summed E-state index contributed by atoms with van der Waals surface area (Å²) in [6.07, 6.45) is 4.00. The van der Waals surface area contributed by atoms with Crippen LogP contribution in [-0.2, 0) is 19.4 Å². The first-order chi connectivity index (χ1) is 13.2. The number of aromatic nitrogens is 2. The summed E-state index contributed by atoms with van der Waals surface area (Å²) in [6, 6.07) is 4.30. The monoisotopic (exact) mass is 371 g/mol. The highest BCUT2D eigenvalue weighted by Gasteiger charge is 2.30. The molecule has 0 unspecified atom stereocenters. The second-order valence-corrected chi connectivity index (χ2v) is 7.50. The van der Waals surface area contributed by atoms with Crippen LogP contribution < -0.4 is 10.2 Å². The minimum atomic E-state index is 0.180. The molecular weight excluding hydrogens is 342 g/mol. The Balaban J connectivity index is 1.51. The molecule has 1 fully saturated rings. The van der Waals surface area contributed by atoms with Crippen molar-refractivity contribution in [2.24, 2.45) is 0 Å². The van der Waals surface area contributed by atoms with Crippen molar-refractivity contribution in [2.75, 3.05) is 43.5 Å². The smallest absolute Gasteiger partial charge is 0.227 e. The maximum absolute atomic E-state index is 9.56. The molecule has 146 valence electrons. The molecule has 0 radical (unpaired) electrons. The third-order valence-corrected chi connectivity index (χ3v) is 5.66. The van der Waals surface area contributed by atoms with Crippen LogP contribution in [0, 0.1) is 6.92 Å².